The monoisotopic (exact) mass is 211 g/mol. The topological polar surface area (TPSA) is 46.2 Å². The maximum Gasteiger partial charge on any atom is 0.123 e. The number of hydrogen-bond acceptors (Lipinski definition) is 2. The van der Waals surface area contributed by atoms with Gasteiger partial charge >= 0.3 is 0 Å². The number of aliphatic hydroxyl groups excluding tert-OH is 1. The van der Waals surface area contributed by atoms with Crippen LogP contribution in [-0.4, -0.2) is 11.2 Å². The van der Waals surface area contributed by atoms with Crippen LogP contribution in [0.25, 0.3) is 0 Å². The summed E-state index contributed by atoms with van der Waals surface area (Å²) in [6.45, 7) is 4.03. The first-order chi connectivity index (χ1) is 7.00. The van der Waals surface area contributed by atoms with Crippen LogP contribution in [0.1, 0.15) is 31.9 Å². The Morgan fingerprint density at radius 1 is 1.40 bits per heavy atom. The highest BCUT2D eigenvalue weighted by Gasteiger charge is 2.18. The molecular formula is C12H18FNO. The van der Waals surface area contributed by atoms with Gasteiger partial charge in [0.15, 0.2) is 0 Å². The molecule has 15 heavy (non-hydrogen) atoms. The van der Waals surface area contributed by atoms with Crippen LogP contribution in [0.4, 0.5) is 4.39 Å². The van der Waals surface area contributed by atoms with Crippen molar-refractivity contribution in [2.24, 2.45) is 11.7 Å². The van der Waals surface area contributed by atoms with E-state index in [1.165, 1.54) is 12.1 Å². The fourth-order valence-corrected chi connectivity index (χ4v) is 1.57. The highest BCUT2D eigenvalue weighted by molar-refractivity contribution is 5.20. The summed E-state index contributed by atoms with van der Waals surface area (Å²) in [7, 11) is 0. The molecule has 0 bridgehead atoms. The second kappa shape index (κ2) is 5.24. The van der Waals surface area contributed by atoms with Crippen molar-refractivity contribution in [2.75, 3.05) is 0 Å². The Labute approximate surface area is 89.9 Å². The molecule has 0 radical (unpaired) electrons. The van der Waals surface area contributed by atoms with Crippen molar-refractivity contribution >= 4 is 0 Å². The van der Waals surface area contributed by atoms with Crippen molar-refractivity contribution in [2.45, 2.75) is 32.4 Å². The van der Waals surface area contributed by atoms with Gasteiger partial charge in [0.2, 0.25) is 0 Å². The molecule has 2 nitrogen and oxygen atoms in total. The number of hydrogen-bond donors (Lipinski definition) is 2. The van der Waals surface area contributed by atoms with E-state index in [1.807, 2.05) is 13.8 Å². The van der Waals surface area contributed by atoms with E-state index >= 15 is 0 Å². The summed E-state index contributed by atoms with van der Waals surface area (Å²) < 4.78 is 12.9. The Bertz CT molecular complexity index is 314. The van der Waals surface area contributed by atoms with E-state index in [4.69, 9.17) is 5.73 Å². The average Bonchev–Trinajstić information content (AvgIpc) is 2.15. The van der Waals surface area contributed by atoms with Crippen molar-refractivity contribution in [1.82, 2.24) is 0 Å². The zero-order valence-electron chi connectivity index (χ0n) is 9.15. The smallest absolute Gasteiger partial charge is 0.123 e. The Hall–Kier alpha value is -0.930. The van der Waals surface area contributed by atoms with Crippen molar-refractivity contribution in [3.63, 3.8) is 0 Å². The van der Waals surface area contributed by atoms with Crippen LogP contribution in [0, 0.1) is 11.7 Å². The minimum Gasteiger partial charge on any atom is -0.391 e. The normalized spacial score (nSPS) is 15.3. The third kappa shape index (κ3) is 3.61. The summed E-state index contributed by atoms with van der Waals surface area (Å²) in [4.78, 5) is 0. The summed E-state index contributed by atoms with van der Waals surface area (Å²) in [5.74, 6) is 0.0549. The van der Waals surface area contributed by atoms with E-state index in [2.05, 4.69) is 0 Å². The first-order valence-electron chi connectivity index (χ1n) is 5.20. The zero-order chi connectivity index (χ0) is 11.4. The molecule has 1 rings (SSSR count). The third-order valence-electron chi connectivity index (χ3n) is 2.36. The summed E-state index contributed by atoms with van der Waals surface area (Å²) >= 11 is 0. The minimum atomic E-state index is -0.619. The summed E-state index contributed by atoms with van der Waals surface area (Å²) in [5, 5.41) is 9.78. The Morgan fingerprint density at radius 2 is 2.07 bits per heavy atom. The first kappa shape index (κ1) is 12.1. The Morgan fingerprint density at radius 3 is 2.60 bits per heavy atom. The van der Waals surface area contributed by atoms with E-state index in [0.717, 1.165) is 0 Å². The second-order valence-electron chi connectivity index (χ2n) is 4.28. The molecule has 0 spiro atoms. The maximum atomic E-state index is 12.9. The van der Waals surface area contributed by atoms with Gasteiger partial charge in [-0.25, -0.2) is 4.39 Å². The van der Waals surface area contributed by atoms with Gasteiger partial charge < -0.3 is 10.8 Å². The molecular weight excluding hydrogens is 193 g/mol. The van der Waals surface area contributed by atoms with Gasteiger partial charge in [0.25, 0.3) is 0 Å². The molecule has 84 valence electrons. The van der Waals surface area contributed by atoms with Gasteiger partial charge in [-0.3, -0.25) is 0 Å². The van der Waals surface area contributed by atoms with E-state index in [9.17, 15) is 9.50 Å². The lowest BCUT2D eigenvalue weighted by molar-refractivity contribution is 0.121. The van der Waals surface area contributed by atoms with Gasteiger partial charge in [-0.05, 0) is 30.0 Å². The van der Waals surface area contributed by atoms with E-state index in [1.54, 1.807) is 12.1 Å². The molecule has 0 aromatic heterocycles. The van der Waals surface area contributed by atoms with Gasteiger partial charge in [-0.1, -0.05) is 26.0 Å². The van der Waals surface area contributed by atoms with Gasteiger partial charge in [-0.2, -0.15) is 0 Å². The molecule has 0 saturated carbocycles. The van der Waals surface area contributed by atoms with Crippen molar-refractivity contribution in [3.8, 4) is 0 Å². The molecule has 1 aromatic carbocycles. The van der Waals surface area contributed by atoms with Gasteiger partial charge in [0.05, 0.1) is 12.1 Å². The first-order valence-corrected chi connectivity index (χ1v) is 5.20. The number of nitrogens with two attached hydrogens (primary N) is 1. The Kier molecular flexibility index (Phi) is 4.24. The predicted octanol–water partition coefficient (Wildman–Crippen LogP) is 2.23. The predicted molar refractivity (Wildman–Crippen MR) is 58.8 cm³/mol. The van der Waals surface area contributed by atoms with Gasteiger partial charge in [0, 0.05) is 0 Å². The highest BCUT2D eigenvalue weighted by Crippen LogP contribution is 2.19. The average molecular weight is 211 g/mol. The number of aliphatic hydroxyl groups is 1. The zero-order valence-corrected chi connectivity index (χ0v) is 9.15. The van der Waals surface area contributed by atoms with Crippen molar-refractivity contribution in [1.29, 1.82) is 0 Å². The van der Waals surface area contributed by atoms with Crippen LogP contribution < -0.4 is 5.73 Å². The van der Waals surface area contributed by atoms with E-state index in [-0.39, 0.29) is 5.82 Å². The number of benzene rings is 1. The molecule has 0 saturated heterocycles. The van der Waals surface area contributed by atoms with Crippen LogP contribution in [0.5, 0.6) is 0 Å². The van der Waals surface area contributed by atoms with Gasteiger partial charge in [-0.15, -0.1) is 0 Å². The SMILES string of the molecule is CC(C)C[C@@H](O)[C@@H](N)c1cccc(F)c1. The summed E-state index contributed by atoms with van der Waals surface area (Å²) in [6, 6.07) is 5.56. The number of rotatable bonds is 4. The minimum absolute atomic E-state index is 0.320. The molecule has 0 amide bonds. The largest absolute Gasteiger partial charge is 0.391 e. The molecule has 0 aliphatic carbocycles. The van der Waals surface area contributed by atoms with Crippen molar-refractivity contribution in [3.05, 3.63) is 35.6 Å². The van der Waals surface area contributed by atoms with Gasteiger partial charge in [0.1, 0.15) is 5.82 Å². The Balaban J connectivity index is 2.71. The highest BCUT2D eigenvalue weighted by atomic mass is 19.1. The molecule has 3 heteroatoms. The molecule has 0 fully saturated rings. The fourth-order valence-electron chi connectivity index (χ4n) is 1.57. The lowest BCUT2D eigenvalue weighted by atomic mass is 9.95. The standard InChI is InChI=1S/C12H18FNO/c1-8(2)6-11(15)12(14)9-4-3-5-10(13)7-9/h3-5,7-8,11-12,15H,6,14H2,1-2H3/t11-,12+/m1/s1. The third-order valence-corrected chi connectivity index (χ3v) is 2.36. The summed E-state index contributed by atoms with van der Waals surface area (Å²) in [6.07, 6.45) is 0.00399. The molecule has 0 heterocycles. The van der Waals surface area contributed by atoms with Crippen LogP contribution in [0.3, 0.4) is 0 Å². The molecule has 0 unspecified atom stereocenters. The molecule has 3 N–H and O–H groups in total. The molecule has 0 aliphatic rings. The molecule has 0 aliphatic heterocycles. The molecule has 1 aromatic rings. The lowest BCUT2D eigenvalue weighted by Gasteiger charge is -2.20. The quantitative estimate of drug-likeness (QED) is 0.802. The van der Waals surface area contributed by atoms with E-state index < -0.39 is 12.1 Å². The maximum absolute atomic E-state index is 12.9. The van der Waals surface area contributed by atoms with Crippen LogP contribution in [0.15, 0.2) is 24.3 Å². The van der Waals surface area contributed by atoms with Crippen LogP contribution in [-0.2, 0) is 0 Å². The summed E-state index contributed by atoms with van der Waals surface area (Å²) in [5.41, 5.74) is 6.48. The second-order valence-corrected chi connectivity index (χ2v) is 4.28. The van der Waals surface area contributed by atoms with Crippen LogP contribution >= 0.6 is 0 Å². The fraction of sp³-hybridized carbons (Fsp3) is 0.500. The number of halogens is 1. The van der Waals surface area contributed by atoms with Crippen LogP contribution in [0.2, 0.25) is 0 Å². The van der Waals surface area contributed by atoms with E-state index in [0.29, 0.717) is 17.9 Å². The lowest BCUT2D eigenvalue weighted by Crippen LogP contribution is -2.27. The van der Waals surface area contributed by atoms with Crippen molar-refractivity contribution < 1.29 is 9.50 Å². The molecule has 2 atom stereocenters.